The number of carbonyl (C=O) groups is 2. The average Bonchev–Trinajstić information content (AvgIpc) is 2.75. The van der Waals surface area contributed by atoms with E-state index in [1.165, 1.54) is 0 Å². The van der Waals surface area contributed by atoms with E-state index in [9.17, 15) is 14.7 Å². The van der Waals surface area contributed by atoms with Gasteiger partial charge in [-0.3, -0.25) is 4.79 Å². The van der Waals surface area contributed by atoms with Crippen LogP contribution in [-0.2, 0) is 0 Å². The molecule has 1 amide bonds. The van der Waals surface area contributed by atoms with Gasteiger partial charge in [0, 0.05) is 0 Å². The zero-order valence-corrected chi connectivity index (χ0v) is 11.1. The minimum absolute atomic E-state index is 0.0889. The van der Waals surface area contributed by atoms with Gasteiger partial charge in [0.05, 0.1) is 16.9 Å². The van der Waals surface area contributed by atoms with Crippen molar-refractivity contribution >= 4 is 29.1 Å². The van der Waals surface area contributed by atoms with Crippen molar-refractivity contribution in [3.05, 3.63) is 39.9 Å². The summed E-state index contributed by atoms with van der Waals surface area (Å²) in [6.45, 7) is 3.35. The van der Waals surface area contributed by atoms with Crippen LogP contribution in [-0.4, -0.2) is 26.6 Å². The SMILES string of the molecule is Cc1cccc(NC(=O)c2snnc2C)c1C(=O)O. The molecule has 6 nitrogen and oxygen atoms in total. The molecule has 0 fully saturated rings. The predicted octanol–water partition coefficient (Wildman–Crippen LogP) is 2.11. The molecule has 0 bridgehead atoms. The quantitative estimate of drug-likeness (QED) is 0.896. The van der Waals surface area contributed by atoms with E-state index in [4.69, 9.17) is 0 Å². The summed E-state index contributed by atoms with van der Waals surface area (Å²) in [6.07, 6.45) is 0. The number of carboxylic acid groups (broad SMARTS) is 1. The van der Waals surface area contributed by atoms with Crippen LogP contribution in [0.3, 0.4) is 0 Å². The van der Waals surface area contributed by atoms with Gasteiger partial charge in [-0.2, -0.15) is 0 Å². The number of carboxylic acids is 1. The van der Waals surface area contributed by atoms with E-state index >= 15 is 0 Å². The molecule has 2 rings (SSSR count). The molecule has 2 aromatic rings. The summed E-state index contributed by atoms with van der Waals surface area (Å²) in [5, 5.41) is 15.5. The molecular formula is C12H11N3O3S. The molecule has 0 atom stereocenters. The molecule has 0 saturated carbocycles. The van der Waals surface area contributed by atoms with E-state index in [0.29, 0.717) is 16.1 Å². The molecule has 0 aliphatic heterocycles. The molecule has 19 heavy (non-hydrogen) atoms. The third-order valence-corrected chi connectivity index (χ3v) is 3.42. The van der Waals surface area contributed by atoms with Crippen molar-refractivity contribution < 1.29 is 14.7 Å². The topological polar surface area (TPSA) is 92.2 Å². The monoisotopic (exact) mass is 277 g/mol. The number of rotatable bonds is 3. The lowest BCUT2D eigenvalue weighted by Gasteiger charge is -2.09. The van der Waals surface area contributed by atoms with Crippen molar-refractivity contribution in [1.82, 2.24) is 9.59 Å². The van der Waals surface area contributed by atoms with Gasteiger partial charge in [-0.25, -0.2) is 4.79 Å². The van der Waals surface area contributed by atoms with Crippen LogP contribution in [0.15, 0.2) is 18.2 Å². The lowest BCUT2D eigenvalue weighted by molar-refractivity contribution is 0.0697. The summed E-state index contributed by atoms with van der Waals surface area (Å²) in [5.74, 6) is -1.48. The molecule has 0 spiro atoms. The van der Waals surface area contributed by atoms with Gasteiger partial charge in [0.1, 0.15) is 4.88 Å². The Morgan fingerprint density at radius 3 is 2.63 bits per heavy atom. The van der Waals surface area contributed by atoms with Crippen LogP contribution in [0, 0.1) is 13.8 Å². The number of benzene rings is 1. The van der Waals surface area contributed by atoms with E-state index in [1.54, 1.807) is 32.0 Å². The summed E-state index contributed by atoms with van der Waals surface area (Å²) in [7, 11) is 0. The Kier molecular flexibility index (Phi) is 3.57. The highest BCUT2D eigenvalue weighted by Crippen LogP contribution is 2.21. The number of aryl methyl sites for hydroxylation is 2. The maximum atomic E-state index is 12.0. The first-order chi connectivity index (χ1) is 9.00. The number of nitrogens with one attached hydrogen (secondary N) is 1. The highest BCUT2D eigenvalue weighted by molar-refractivity contribution is 7.08. The second-order valence-corrected chi connectivity index (χ2v) is 4.70. The maximum Gasteiger partial charge on any atom is 0.338 e. The zero-order chi connectivity index (χ0) is 14.0. The molecule has 1 aromatic heterocycles. The van der Waals surface area contributed by atoms with Gasteiger partial charge in [0.15, 0.2) is 0 Å². The van der Waals surface area contributed by atoms with Crippen molar-refractivity contribution in [2.75, 3.05) is 5.32 Å². The number of nitrogens with zero attached hydrogens (tertiary/aromatic N) is 2. The predicted molar refractivity (Wildman–Crippen MR) is 70.7 cm³/mol. The van der Waals surface area contributed by atoms with Gasteiger partial charge in [-0.05, 0) is 37.0 Å². The lowest BCUT2D eigenvalue weighted by atomic mass is 10.1. The maximum absolute atomic E-state index is 12.0. The Labute approximate surface area is 113 Å². The Hall–Kier alpha value is -2.28. The molecule has 0 aliphatic rings. The number of anilines is 1. The molecule has 2 N–H and O–H groups in total. The second-order valence-electron chi connectivity index (χ2n) is 3.94. The van der Waals surface area contributed by atoms with Crippen LogP contribution in [0.1, 0.15) is 31.3 Å². The Morgan fingerprint density at radius 1 is 1.32 bits per heavy atom. The molecular weight excluding hydrogens is 266 g/mol. The summed E-state index contributed by atoms with van der Waals surface area (Å²) < 4.78 is 3.67. The van der Waals surface area contributed by atoms with Gasteiger partial charge in [0.2, 0.25) is 0 Å². The zero-order valence-electron chi connectivity index (χ0n) is 10.3. The van der Waals surface area contributed by atoms with Crippen LogP contribution >= 0.6 is 11.5 Å². The molecule has 1 aromatic carbocycles. The van der Waals surface area contributed by atoms with Gasteiger partial charge in [0.25, 0.3) is 5.91 Å². The van der Waals surface area contributed by atoms with Crippen molar-refractivity contribution in [3.8, 4) is 0 Å². The fourth-order valence-electron chi connectivity index (χ4n) is 1.67. The van der Waals surface area contributed by atoms with Crippen molar-refractivity contribution in [2.45, 2.75) is 13.8 Å². The average molecular weight is 277 g/mol. The highest BCUT2D eigenvalue weighted by atomic mass is 32.1. The van der Waals surface area contributed by atoms with Crippen molar-refractivity contribution in [3.63, 3.8) is 0 Å². The smallest absolute Gasteiger partial charge is 0.338 e. The Balaban J connectivity index is 2.35. The van der Waals surface area contributed by atoms with E-state index in [1.807, 2.05) is 0 Å². The number of aromatic carboxylic acids is 1. The number of amides is 1. The van der Waals surface area contributed by atoms with Gasteiger partial charge in [-0.1, -0.05) is 16.6 Å². The number of carbonyl (C=O) groups excluding carboxylic acids is 1. The summed E-state index contributed by atoms with van der Waals surface area (Å²) >= 11 is 0.975. The van der Waals surface area contributed by atoms with Crippen molar-refractivity contribution in [2.24, 2.45) is 0 Å². The Morgan fingerprint density at radius 2 is 2.05 bits per heavy atom. The standard InChI is InChI=1S/C12H11N3O3S/c1-6-4-3-5-8(9(6)12(17)18)13-11(16)10-7(2)14-15-19-10/h3-5H,1-2H3,(H,13,16)(H,17,18). The van der Waals surface area contributed by atoms with E-state index in [2.05, 4.69) is 14.9 Å². The van der Waals surface area contributed by atoms with E-state index in [0.717, 1.165) is 11.5 Å². The summed E-state index contributed by atoms with van der Waals surface area (Å²) in [6, 6.07) is 4.92. The largest absolute Gasteiger partial charge is 0.478 e. The van der Waals surface area contributed by atoms with E-state index < -0.39 is 11.9 Å². The Bertz CT molecular complexity index is 651. The molecule has 98 valence electrons. The first kappa shape index (κ1) is 13.2. The summed E-state index contributed by atoms with van der Waals surface area (Å²) in [5.41, 5.74) is 1.47. The number of hydrogen-bond acceptors (Lipinski definition) is 5. The van der Waals surface area contributed by atoms with E-state index in [-0.39, 0.29) is 11.3 Å². The molecule has 0 aliphatic carbocycles. The lowest BCUT2D eigenvalue weighted by Crippen LogP contribution is -2.15. The van der Waals surface area contributed by atoms with Gasteiger partial charge >= 0.3 is 5.97 Å². The normalized spacial score (nSPS) is 10.2. The minimum Gasteiger partial charge on any atom is -0.478 e. The van der Waals surface area contributed by atoms with Crippen LogP contribution < -0.4 is 5.32 Å². The number of aromatic nitrogens is 2. The minimum atomic E-state index is -1.08. The second kappa shape index (κ2) is 5.15. The fraction of sp³-hybridized carbons (Fsp3) is 0.167. The molecule has 1 heterocycles. The first-order valence-corrected chi connectivity index (χ1v) is 6.21. The van der Waals surface area contributed by atoms with Crippen molar-refractivity contribution in [1.29, 1.82) is 0 Å². The molecule has 0 unspecified atom stereocenters. The van der Waals surface area contributed by atoms with Gasteiger partial charge in [-0.15, -0.1) is 5.10 Å². The third kappa shape index (κ3) is 2.60. The third-order valence-electron chi connectivity index (χ3n) is 2.59. The molecule has 0 radical (unpaired) electrons. The summed E-state index contributed by atoms with van der Waals surface area (Å²) in [4.78, 5) is 23.6. The van der Waals surface area contributed by atoms with Crippen LogP contribution in [0.4, 0.5) is 5.69 Å². The molecule has 7 heteroatoms. The van der Waals surface area contributed by atoms with Crippen LogP contribution in [0.25, 0.3) is 0 Å². The van der Waals surface area contributed by atoms with Crippen LogP contribution in [0.5, 0.6) is 0 Å². The fourth-order valence-corrected chi connectivity index (χ4v) is 2.23. The highest BCUT2D eigenvalue weighted by Gasteiger charge is 2.18. The molecule has 0 saturated heterocycles. The van der Waals surface area contributed by atoms with Crippen LogP contribution in [0.2, 0.25) is 0 Å². The first-order valence-electron chi connectivity index (χ1n) is 5.44. The van der Waals surface area contributed by atoms with Gasteiger partial charge < -0.3 is 10.4 Å². The number of hydrogen-bond donors (Lipinski definition) is 2.